The Balaban J connectivity index is 1.95. The van der Waals surface area contributed by atoms with Crippen LogP contribution >= 0.6 is 12.2 Å². The zero-order valence-corrected chi connectivity index (χ0v) is 11.7. The third kappa shape index (κ3) is 3.17. The minimum Gasteiger partial charge on any atom is -0.388 e. The average molecular weight is 264 g/mol. The van der Waals surface area contributed by atoms with Gasteiger partial charge in [-0.05, 0) is 38.9 Å². The van der Waals surface area contributed by atoms with E-state index in [1.54, 1.807) is 6.20 Å². The molecule has 1 heterocycles. The third-order valence-electron chi connectivity index (χ3n) is 3.45. The van der Waals surface area contributed by atoms with E-state index in [1.165, 1.54) is 12.8 Å². The van der Waals surface area contributed by atoms with Crippen molar-refractivity contribution in [1.82, 2.24) is 9.88 Å². The van der Waals surface area contributed by atoms with Crippen molar-refractivity contribution in [1.29, 1.82) is 0 Å². The molecule has 1 aromatic rings. The number of pyridine rings is 1. The average Bonchev–Trinajstić information content (AvgIpc) is 3.19. The summed E-state index contributed by atoms with van der Waals surface area (Å²) in [6.45, 7) is 3.09. The highest BCUT2D eigenvalue weighted by molar-refractivity contribution is 7.80. The molecule has 0 spiro atoms. The maximum atomic E-state index is 5.66. The molecule has 0 radical (unpaired) electrons. The lowest BCUT2D eigenvalue weighted by Crippen LogP contribution is -2.36. The lowest BCUT2D eigenvalue weighted by Gasteiger charge is -2.25. The van der Waals surface area contributed by atoms with Crippen LogP contribution < -0.4 is 11.1 Å². The van der Waals surface area contributed by atoms with Crippen LogP contribution in [-0.2, 0) is 0 Å². The molecule has 0 aliphatic heterocycles. The first-order valence-corrected chi connectivity index (χ1v) is 6.71. The van der Waals surface area contributed by atoms with Crippen molar-refractivity contribution in [2.75, 3.05) is 18.9 Å². The standard InChI is InChI=1S/C13H20N4S/c1-9(17(2)10-5-6-10)8-16-11-4-3-7-15-12(11)13(14)18/h3-4,7,9-10,16H,5-6,8H2,1-2H3,(H2,14,18). The summed E-state index contributed by atoms with van der Waals surface area (Å²) in [6, 6.07) is 5.10. The molecule has 18 heavy (non-hydrogen) atoms. The van der Waals surface area contributed by atoms with E-state index in [0.717, 1.165) is 18.3 Å². The second kappa shape index (κ2) is 5.63. The summed E-state index contributed by atoms with van der Waals surface area (Å²) in [4.78, 5) is 6.96. The number of thiocarbonyl (C=S) groups is 1. The van der Waals surface area contributed by atoms with E-state index in [9.17, 15) is 0 Å². The third-order valence-corrected chi connectivity index (χ3v) is 3.64. The number of nitrogens with one attached hydrogen (secondary N) is 1. The van der Waals surface area contributed by atoms with Crippen molar-refractivity contribution in [2.45, 2.75) is 31.8 Å². The highest BCUT2D eigenvalue weighted by Crippen LogP contribution is 2.27. The highest BCUT2D eigenvalue weighted by Gasteiger charge is 2.28. The summed E-state index contributed by atoms with van der Waals surface area (Å²) < 4.78 is 0. The van der Waals surface area contributed by atoms with Crippen LogP contribution in [0.1, 0.15) is 25.5 Å². The summed E-state index contributed by atoms with van der Waals surface area (Å²) in [7, 11) is 2.18. The fourth-order valence-electron chi connectivity index (χ4n) is 1.99. The summed E-state index contributed by atoms with van der Waals surface area (Å²) in [5.74, 6) is 0. The van der Waals surface area contributed by atoms with Crippen molar-refractivity contribution >= 4 is 22.9 Å². The minimum absolute atomic E-state index is 0.335. The molecule has 1 aliphatic rings. The van der Waals surface area contributed by atoms with Gasteiger partial charge in [0.05, 0.1) is 5.69 Å². The van der Waals surface area contributed by atoms with Gasteiger partial charge in [0.1, 0.15) is 10.7 Å². The van der Waals surface area contributed by atoms with E-state index in [2.05, 4.69) is 29.2 Å². The molecule has 1 unspecified atom stereocenters. The molecule has 4 nitrogen and oxygen atoms in total. The van der Waals surface area contributed by atoms with Gasteiger partial charge in [0.2, 0.25) is 0 Å². The quantitative estimate of drug-likeness (QED) is 0.765. The van der Waals surface area contributed by atoms with Gasteiger partial charge in [-0.15, -0.1) is 0 Å². The molecule has 1 saturated carbocycles. The molecule has 0 bridgehead atoms. The number of aromatic nitrogens is 1. The molecule has 0 saturated heterocycles. The maximum absolute atomic E-state index is 5.66. The fourth-order valence-corrected chi connectivity index (χ4v) is 2.15. The van der Waals surface area contributed by atoms with Crippen LogP contribution in [0.5, 0.6) is 0 Å². The van der Waals surface area contributed by atoms with E-state index < -0.39 is 0 Å². The van der Waals surface area contributed by atoms with Gasteiger partial charge in [0, 0.05) is 24.8 Å². The summed E-state index contributed by atoms with van der Waals surface area (Å²) in [5, 5.41) is 3.39. The number of hydrogen-bond acceptors (Lipinski definition) is 4. The second-order valence-electron chi connectivity index (χ2n) is 4.89. The molecule has 1 atom stereocenters. The highest BCUT2D eigenvalue weighted by atomic mass is 32.1. The van der Waals surface area contributed by atoms with E-state index in [0.29, 0.717) is 16.7 Å². The van der Waals surface area contributed by atoms with Gasteiger partial charge in [-0.3, -0.25) is 9.88 Å². The number of hydrogen-bond donors (Lipinski definition) is 2. The minimum atomic E-state index is 0.335. The zero-order chi connectivity index (χ0) is 13.1. The lowest BCUT2D eigenvalue weighted by molar-refractivity contribution is 0.257. The smallest absolute Gasteiger partial charge is 0.124 e. The molecular weight excluding hydrogens is 244 g/mol. The molecule has 0 aromatic carbocycles. The van der Waals surface area contributed by atoms with E-state index in [4.69, 9.17) is 18.0 Å². The second-order valence-corrected chi connectivity index (χ2v) is 5.33. The van der Waals surface area contributed by atoms with Crippen molar-refractivity contribution in [3.8, 4) is 0 Å². The molecule has 0 amide bonds. The van der Waals surface area contributed by atoms with Crippen LogP contribution in [0, 0.1) is 0 Å². The predicted octanol–water partition coefficient (Wildman–Crippen LogP) is 1.61. The number of likely N-dealkylation sites (N-methyl/N-ethyl adjacent to an activating group) is 1. The van der Waals surface area contributed by atoms with Crippen LogP contribution in [0.25, 0.3) is 0 Å². The Bertz CT molecular complexity index is 431. The molecule has 98 valence electrons. The van der Waals surface area contributed by atoms with E-state index in [1.807, 2.05) is 12.1 Å². The zero-order valence-electron chi connectivity index (χ0n) is 10.9. The predicted molar refractivity (Wildman–Crippen MR) is 78.9 cm³/mol. The van der Waals surface area contributed by atoms with E-state index >= 15 is 0 Å². The summed E-state index contributed by atoms with van der Waals surface area (Å²) in [5.41, 5.74) is 7.25. The fraction of sp³-hybridized carbons (Fsp3) is 0.538. The molecule has 3 N–H and O–H groups in total. The number of nitrogens with zero attached hydrogens (tertiary/aromatic N) is 2. The maximum Gasteiger partial charge on any atom is 0.124 e. The molecular formula is C13H20N4S. The van der Waals surface area contributed by atoms with Crippen LogP contribution in [-0.4, -0.2) is 40.5 Å². The normalized spacial score (nSPS) is 16.6. The number of nitrogens with two attached hydrogens (primary N) is 1. The topological polar surface area (TPSA) is 54.2 Å². The first-order chi connectivity index (χ1) is 8.59. The van der Waals surface area contributed by atoms with Gasteiger partial charge in [-0.1, -0.05) is 12.2 Å². The van der Waals surface area contributed by atoms with Crippen LogP contribution in [0.4, 0.5) is 5.69 Å². The molecule has 1 fully saturated rings. The van der Waals surface area contributed by atoms with Gasteiger partial charge in [0.15, 0.2) is 0 Å². The van der Waals surface area contributed by atoms with Gasteiger partial charge in [-0.2, -0.15) is 0 Å². The van der Waals surface area contributed by atoms with Crippen LogP contribution in [0.3, 0.4) is 0 Å². The Kier molecular flexibility index (Phi) is 4.14. The van der Waals surface area contributed by atoms with Crippen molar-refractivity contribution in [2.24, 2.45) is 5.73 Å². The Morgan fingerprint density at radius 2 is 2.39 bits per heavy atom. The van der Waals surface area contributed by atoms with Gasteiger partial charge in [0.25, 0.3) is 0 Å². The summed E-state index contributed by atoms with van der Waals surface area (Å²) in [6.07, 6.45) is 4.36. The molecule has 1 aliphatic carbocycles. The van der Waals surface area contributed by atoms with Crippen molar-refractivity contribution in [3.63, 3.8) is 0 Å². The van der Waals surface area contributed by atoms with Crippen LogP contribution in [0.15, 0.2) is 18.3 Å². The number of rotatable bonds is 6. The largest absolute Gasteiger partial charge is 0.388 e. The number of anilines is 1. The Morgan fingerprint density at radius 3 is 3.00 bits per heavy atom. The van der Waals surface area contributed by atoms with Crippen LogP contribution in [0.2, 0.25) is 0 Å². The molecule has 5 heteroatoms. The Labute approximate surface area is 114 Å². The first-order valence-electron chi connectivity index (χ1n) is 6.30. The molecule has 1 aromatic heterocycles. The molecule has 2 rings (SSSR count). The monoisotopic (exact) mass is 264 g/mol. The first kappa shape index (κ1) is 13.2. The van der Waals surface area contributed by atoms with Gasteiger partial charge < -0.3 is 11.1 Å². The summed E-state index contributed by atoms with van der Waals surface area (Å²) >= 11 is 5.00. The van der Waals surface area contributed by atoms with E-state index in [-0.39, 0.29) is 0 Å². The Morgan fingerprint density at radius 1 is 1.67 bits per heavy atom. The van der Waals surface area contributed by atoms with Crippen molar-refractivity contribution < 1.29 is 0 Å². The SMILES string of the molecule is CC(CNc1cccnc1C(N)=S)N(C)C1CC1. The van der Waals surface area contributed by atoms with Gasteiger partial charge in [-0.25, -0.2) is 0 Å². The Hall–Kier alpha value is -1.20. The van der Waals surface area contributed by atoms with Crippen molar-refractivity contribution in [3.05, 3.63) is 24.0 Å². The lowest BCUT2D eigenvalue weighted by atomic mass is 10.2. The van der Waals surface area contributed by atoms with Gasteiger partial charge >= 0.3 is 0 Å².